The van der Waals surface area contributed by atoms with E-state index in [1.165, 1.54) is 0 Å². The summed E-state index contributed by atoms with van der Waals surface area (Å²) in [5.74, 6) is 1.31. The molecule has 0 bridgehead atoms. The normalized spacial score (nSPS) is 29.1. The molecule has 1 aromatic rings. The molecule has 1 saturated heterocycles. The van der Waals surface area contributed by atoms with Crippen molar-refractivity contribution < 1.29 is 0 Å². The van der Waals surface area contributed by atoms with Gasteiger partial charge in [0.1, 0.15) is 5.02 Å². The Morgan fingerprint density at radius 3 is 3.09 bits per heavy atom. The zero-order chi connectivity index (χ0) is 14.9. The number of allylic oxidation sites excluding steroid dienone is 2. The smallest absolute Gasteiger partial charge is 0.224 e. The minimum atomic E-state index is 0.131. The third-order valence-corrected chi connectivity index (χ3v) is 4.39. The van der Waals surface area contributed by atoms with Gasteiger partial charge in [-0.15, -0.1) is 0 Å². The topological polar surface area (TPSA) is 65.4 Å². The van der Waals surface area contributed by atoms with E-state index in [4.69, 9.17) is 11.6 Å². The Morgan fingerprint density at radius 1 is 1.32 bits per heavy atom. The molecule has 1 aliphatic carbocycles. The molecule has 0 spiro atoms. The van der Waals surface area contributed by atoms with Gasteiger partial charge in [-0.05, 0) is 13.0 Å². The monoisotopic (exact) mass is 316 g/mol. The number of hydrogen-bond acceptors (Lipinski definition) is 6. The van der Waals surface area contributed by atoms with Gasteiger partial charge in [-0.25, -0.2) is 4.98 Å². The molecule has 22 heavy (non-hydrogen) atoms. The zero-order valence-corrected chi connectivity index (χ0v) is 12.7. The first-order chi connectivity index (χ1) is 10.8. The van der Waals surface area contributed by atoms with E-state index >= 15 is 0 Å². The van der Waals surface area contributed by atoms with Crippen LogP contribution >= 0.6 is 11.6 Å². The maximum absolute atomic E-state index is 6.31. The molecule has 0 saturated carbocycles. The van der Waals surface area contributed by atoms with E-state index in [1.807, 2.05) is 23.4 Å². The number of fused-ring (bicyclic) bond motifs is 1. The molecule has 4 rings (SSSR count). The number of rotatable bonds is 3. The van der Waals surface area contributed by atoms with Crippen LogP contribution in [0.25, 0.3) is 0 Å². The average molecular weight is 317 g/mol. The van der Waals surface area contributed by atoms with Crippen molar-refractivity contribution in [2.75, 3.05) is 23.3 Å². The molecule has 0 aromatic carbocycles. The number of nitrogens with zero attached hydrogens (tertiary/aromatic N) is 4. The van der Waals surface area contributed by atoms with Gasteiger partial charge in [0.15, 0.2) is 5.82 Å². The third kappa shape index (κ3) is 2.48. The summed E-state index contributed by atoms with van der Waals surface area (Å²) >= 11 is 6.31. The fraction of sp³-hybridized carbons (Fsp3) is 0.400. The van der Waals surface area contributed by atoms with E-state index in [0.717, 1.165) is 19.5 Å². The van der Waals surface area contributed by atoms with Gasteiger partial charge >= 0.3 is 0 Å². The van der Waals surface area contributed by atoms with Crippen molar-refractivity contribution in [2.24, 2.45) is 4.99 Å². The number of aliphatic imine (C=N–C) groups is 1. The third-order valence-electron chi connectivity index (χ3n) is 4.13. The Bertz CT molecular complexity index is 649. The molecule has 7 heteroatoms. The van der Waals surface area contributed by atoms with Gasteiger partial charge in [-0.2, -0.15) is 4.98 Å². The molecule has 2 N–H and O–H groups in total. The lowest BCUT2D eigenvalue weighted by Gasteiger charge is -2.25. The van der Waals surface area contributed by atoms with Gasteiger partial charge in [-0.1, -0.05) is 35.9 Å². The first-order valence-electron chi connectivity index (χ1n) is 7.48. The Hall–Kier alpha value is -1.92. The van der Waals surface area contributed by atoms with Crippen LogP contribution in [0.2, 0.25) is 5.02 Å². The largest absolute Gasteiger partial charge is 0.350 e. The number of aromatic nitrogens is 2. The second-order valence-corrected chi connectivity index (χ2v) is 6.03. The van der Waals surface area contributed by atoms with Crippen LogP contribution in [0.1, 0.15) is 6.42 Å². The second kappa shape index (κ2) is 5.70. The molecule has 1 aromatic heterocycles. The summed E-state index contributed by atoms with van der Waals surface area (Å²) in [5, 5.41) is 7.21. The standard InChI is InChI=1S/C15H17ClN6/c16-11-8-18-15(20-10-5-6-17-7-10)21-14(11)22-9-19-12-3-1-2-4-13(12)22/h1-4,8-10,12-13,17H,5-7H2,(H,18,20,21). The number of nitrogens with one attached hydrogen (secondary N) is 2. The summed E-state index contributed by atoms with van der Waals surface area (Å²) in [4.78, 5) is 15.4. The molecule has 6 nitrogen and oxygen atoms in total. The minimum Gasteiger partial charge on any atom is -0.350 e. The highest BCUT2D eigenvalue weighted by Crippen LogP contribution is 2.30. The number of anilines is 2. The molecule has 2 aliphatic heterocycles. The predicted octanol–water partition coefficient (Wildman–Crippen LogP) is 1.62. The van der Waals surface area contributed by atoms with Crippen LogP contribution in [0.3, 0.4) is 0 Å². The fourth-order valence-corrected chi connectivity index (χ4v) is 3.16. The lowest BCUT2D eigenvalue weighted by Crippen LogP contribution is -2.36. The Balaban J connectivity index is 1.59. The Morgan fingerprint density at radius 2 is 2.23 bits per heavy atom. The fourth-order valence-electron chi connectivity index (χ4n) is 2.97. The van der Waals surface area contributed by atoms with Gasteiger partial charge in [0.2, 0.25) is 5.95 Å². The molecule has 0 amide bonds. The minimum absolute atomic E-state index is 0.131. The van der Waals surface area contributed by atoms with Crippen molar-refractivity contribution in [3.63, 3.8) is 0 Å². The molecule has 1 fully saturated rings. The highest BCUT2D eigenvalue weighted by atomic mass is 35.5. The number of halogens is 1. The van der Waals surface area contributed by atoms with Crippen molar-refractivity contribution >= 4 is 29.7 Å². The van der Waals surface area contributed by atoms with Crippen LogP contribution in [0.15, 0.2) is 35.5 Å². The van der Waals surface area contributed by atoms with Gasteiger partial charge < -0.3 is 15.5 Å². The lowest BCUT2D eigenvalue weighted by atomic mass is 10.0. The summed E-state index contributed by atoms with van der Waals surface area (Å²) in [6.07, 6.45) is 12.8. The van der Waals surface area contributed by atoms with E-state index in [9.17, 15) is 0 Å². The van der Waals surface area contributed by atoms with Crippen molar-refractivity contribution in [3.8, 4) is 0 Å². The molecule has 0 radical (unpaired) electrons. The quantitative estimate of drug-likeness (QED) is 0.887. The molecular weight excluding hydrogens is 300 g/mol. The SMILES string of the molecule is Clc1cnc(NC2CCNC2)nc1N1C=NC2C=CC=CC21. The second-order valence-electron chi connectivity index (χ2n) is 5.62. The molecule has 3 unspecified atom stereocenters. The van der Waals surface area contributed by atoms with Crippen LogP contribution in [0.4, 0.5) is 11.8 Å². The van der Waals surface area contributed by atoms with Crippen LogP contribution in [-0.4, -0.2) is 47.5 Å². The van der Waals surface area contributed by atoms with E-state index < -0.39 is 0 Å². The van der Waals surface area contributed by atoms with Gasteiger partial charge in [0.25, 0.3) is 0 Å². The van der Waals surface area contributed by atoms with E-state index in [2.05, 4.69) is 37.7 Å². The van der Waals surface area contributed by atoms with Crippen molar-refractivity contribution in [1.29, 1.82) is 0 Å². The Kier molecular flexibility index (Phi) is 3.56. The van der Waals surface area contributed by atoms with Gasteiger partial charge in [0, 0.05) is 12.6 Å². The summed E-state index contributed by atoms with van der Waals surface area (Å²) in [5.41, 5.74) is 0. The highest BCUT2D eigenvalue weighted by molar-refractivity contribution is 6.33. The van der Waals surface area contributed by atoms with Crippen LogP contribution in [-0.2, 0) is 0 Å². The first-order valence-corrected chi connectivity index (χ1v) is 7.85. The van der Waals surface area contributed by atoms with Gasteiger partial charge in [0.05, 0.1) is 24.6 Å². The first kappa shape index (κ1) is 13.7. The molecule has 3 aliphatic rings. The average Bonchev–Trinajstić information content (AvgIpc) is 3.19. The van der Waals surface area contributed by atoms with Crippen molar-refractivity contribution in [2.45, 2.75) is 24.5 Å². The highest BCUT2D eigenvalue weighted by Gasteiger charge is 2.31. The number of hydrogen-bond donors (Lipinski definition) is 2. The lowest BCUT2D eigenvalue weighted by molar-refractivity contribution is 0.732. The summed E-state index contributed by atoms with van der Waals surface area (Å²) < 4.78 is 0. The summed E-state index contributed by atoms with van der Waals surface area (Å²) in [6, 6.07) is 0.636. The van der Waals surface area contributed by atoms with Gasteiger partial charge in [-0.3, -0.25) is 4.99 Å². The zero-order valence-electron chi connectivity index (χ0n) is 12.0. The molecule has 114 valence electrons. The van der Waals surface area contributed by atoms with E-state index in [0.29, 0.717) is 22.8 Å². The van der Waals surface area contributed by atoms with E-state index in [-0.39, 0.29) is 12.1 Å². The van der Waals surface area contributed by atoms with E-state index in [1.54, 1.807) is 6.20 Å². The molecular formula is C15H17ClN6. The summed E-state index contributed by atoms with van der Waals surface area (Å²) in [7, 11) is 0. The molecule has 3 heterocycles. The summed E-state index contributed by atoms with van der Waals surface area (Å²) in [6.45, 7) is 1.96. The van der Waals surface area contributed by atoms with Crippen molar-refractivity contribution in [3.05, 3.63) is 35.5 Å². The molecule has 3 atom stereocenters. The van der Waals surface area contributed by atoms with Crippen molar-refractivity contribution in [1.82, 2.24) is 15.3 Å². The Labute approximate surface area is 134 Å². The predicted molar refractivity (Wildman–Crippen MR) is 88.8 cm³/mol. The maximum Gasteiger partial charge on any atom is 0.224 e. The van der Waals surface area contributed by atoms with Crippen LogP contribution in [0, 0.1) is 0 Å². The van der Waals surface area contributed by atoms with Crippen LogP contribution < -0.4 is 15.5 Å². The maximum atomic E-state index is 6.31. The van der Waals surface area contributed by atoms with Crippen LogP contribution in [0.5, 0.6) is 0 Å².